The van der Waals surface area contributed by atoms with Crippen molar-refractivity contribution in [1.29, 1.82) is 0 Å². The third-order valence-electron chi connectivity index (χ3n) is 1.84. The fraction of sp³-hybridized carbons (Fsp3) is 0.100. The van der Waals surface area contributed by atoms with Crippen LogP contribution < -0.4 is 10.3 Å². The predicted molar refractivity (Wildman–Crippen MR) is 53.5 cm³/mol. The minimum atomic E-state index is 0.564. The quantitative estimate of drug-likeness (QED) is 0.604. The van der Waals surface area contributed by atoms with Crippen LogP contribution in [0.25, 0.3) is 0 Å². The summed E-state index contributed by atoms with van der Waals surface area (Å²) in [5.74, 6) is 0. The zero-order chi connectivity index (χ0) is 9.10. The van der Waals surface area contributed by atoms with Gasteiger partial charge in [-0.2, -0.15) is 0 Å². The third-order valence-corrected chi connectivity index (χ3v) is 3.64. The molecule has 0 bridgehead atoms. The number of pyridine rings is 1. The first-order valence-electron chi connectivity index (χ1n) is 4.11. The number of hydrogen-bond acceptors (Lipinski definition) is 1. The molecule has 0 saturated carbocycles. The van der Waals surface area contributed by atoms with Crippen LogP contribution in [0.1, 0.15) is 4.44 Å². The molecular formula is C10H11N2Se+. The van der Waals surface area contributed by atoms with Crippen molar-refractivity contribution in [3.63, 3.8) is 0 Å². The Hall–Kier alpha value is -1.05. The monoisotopic (exact) mass is 239 g/mol. The summed E-state index contributed by atoms with van der Waals surface area (Å²) in [5.41, 5.74) is 6.42. The zero-order valence-electron chi connectivity index (χ0n) is 7.18. The van der Waals surface area contributed by atoms with Crippen LogP contribution in [0.15, 0.2) is 41.6 Å². The van der Waals surface area contributed by atoms with Gasteiger partial charge in [0.15, 0.2) is 0 Å². The van der Waals surface area contributed by atoms with Crippen molar-refractivity contribution in [2.75, 3.05) is 5.73 Å². The summed E-state index contributed by atoms with van der Waals surface area (Å²) in [7, 11) is 0. The van der Waals surface area contributed by atoms with Crippen LogP contribution >= 0.6 is 0 Å². The van der Waals surface area contributed by atoms with E-state index in [1.807, 2.05) is 24.5 Å². The van der Waals surface area contributed by atoms with Crippen molar-refractivity contribution < 1.29 is 4.57 Å². The molecule has 0 unspecified atom stereocenters. The number of aromatic nitrogens is 1. The van der Waals surface area contributed by atoms with Gasteiger partial charge in [0, 0.05) is 0 Å². The molecule has 0 aliphatic rings. The topological polar surface area (TPSA) is 29.9 Å². The summed E-state index contributed by atoms with van der Waals surface area (Å²) in [6.07, 6.45) is 4.04. The number of nitrogens with zero attached hydrogens (tertiary/aromatic N) is 1. The van der Waals surface area contributed by atoms with Gasteiger partial charge in [0.25, 0.3) is 0 Å². The van der Waals surface area contributed by atoms with Crippen LogP contribution in [0.3, 0.4) is 0 Å². The van der Waals surface area contributed by atoms with E-state index in [0.717, 1.165) is 12.2 Å². The molecule has 2 aromatic rings. The fourth-order valence-corrected chi connectivity index (χ4v) is 2.65. The minimum absolute atomic E-state index is 0.564. The molecule has 13 heavy (non-hydrogen) atoms. The van der Waals surface area contributed by atoms with Gasteiger partial charge in [-0.1, -0.05) is 0 Å². The first-order valence-corrected chi connectivity index (χ1v) is 5.96. The van der Waals surface area contributed by atoms with E-state index >= 15 is 0 Å². The Labute approximate surface area is 83.4 Å². The fourth-order valence-electron chi connectivity index (χ4n) is 1.16. The maximum atomic E-state index is 5.60. The average molecular weight is 238 g/mol. The van der Waals surface area contributed by atoms with Gasteiger partial charge < -0.3 is 0 Å². The van der Waals surface area contributed by atoms with E-state index in [1.54, 1.807) is 0 Å². The van der Waals surface area contributed by atoms with Crippen LogP contribution in [0, 0.1) is 0 Å². The molecule has 0 radical (unpaired) electrons. The second kappa shape index (κ2) is 3.77. The number of nitrogens with two attached hydrogens (primary N) is 1. The molecule has 2 rings (SSSR count). The van der Waals surface area contributed by atoms with Gasteiger partial charge >= 0.3 is 83.1 Å². The Morgan fingerprint density at radius 3 is 2.62 bits per heavy atom. The van der Waals surface area contributed by atoms with Crippen LogP contribution in [0.4, 0.5) is 5.69 Å². The Morgan fingerprint density at radius 1 is 1.23 bits per heavy atom. The molecule has 2 aromatic heterocycles. The summed E-state index contributed by atoms with van der Waals surface area (Å²) in [6, 6.07) is 8.18. The van der Waals surface area contributed by atoms with Gasteiger partial charge in [0.05, 0.1) is 0 Å². The first-order chi connectivity index (χ1) is 6.34. The standard InChI is InChI=1S/C10H10N2Se/c11-9-3-5-12(6-4-9)8-10-2-1-7-13-10/h1-7,11H,8H2/p+1. The molecule has 0 aliphatic carbocycles. The van der Waals surface area contributed by atoms with Crippen LogP contribution in [-0.2, 0) is 6.54 Å². The molecule has 0 spiro atoms. The molecule has 2 N–H and O–H groups in total. The van der Waals surface area contributed by atoms with Crippen molar-refractivity contribution in [3.05, 3.63) is 46.0 Å². The molecule has 2 heterocycles. The molecule has 0 amide bonds. The number of nitrogen functional groups attached to an aromatic ring is 1. The van der Waals surface area contributed by atoms with Crippen molar-refractivity contribution in [2.45, 2.75) is 6.54 Å². The summed E-state index contributed by atoms with van der Waals surface area (Å²) < 4.78 is 3.65. The Balaban J connectivity index is 2.15. The summed E-state index contributed by atoms with van der Waals surface area (Å²) in [4.78, 5) is 2.24. The van der Waals surface area contributed by atoms with Gasteiger partial charge in [0.2, 0.25) is 0 Å². The zero-order valence-corrected chi connectivity index (χ0v) is 8.89. The van der Waals surface area contributed by atoms with Gasteiger partial charge in [-0.3, -0.25) is 0 Å². The Morgan fingerprint density at radius 2 is 2.00 bits per heavy atom. The van der Waals surface area contributed by atoms with Gasteiger partial charge in [-0.25, -0.2) is 0 Å². The van der Waals surface area contributed by atoms with Gasteiger partial charge in [0.1, 0.15) is 0 Å². The van der Waals surface area contributed by atoms with Gasteiger partial charge in [-0.05, 0) is 0 Å². The number of hydrogen-bond donors (Lipinski definition) is 1. The van der Waals surface area contributed by atoms with Crippen molar-refractivity contribution in [1.82, 2.24) is 0 Å². The Kier molecular flexibility index (Phi) is 2.48. The number of rotatable bonds is 2. The van der Waals surface area contributed by atoms with Crippen molar-refractivity contribution >= 4 is 20.2 Å². The molecule has 2 nitrogen and oxygen atoms in total. The van der Waals surface area contributed by atoms with E-state index < -0.39 is 0 Å². The van der Waals surface area contributed by atoms with E-state index in [0.29, 0.717) is 14.5 Å². The molecule has 0 aromatic carbocycles. The summed E-state index contributed by atoms with van der Waals surface area (Å²) >= 11 is 0.564. The summed E-state index contributed by atoms with van der Waals surface area (Å²) in [5, 5.41) is 0. The molecular weight excluding hydrogens is 227 g/mol. The second-order valence-electron chi connectivity index (χ2n) is 2.88. The van der Waals surface area contributed by atoms with E-state index in [4.69, 9.17) is 5.73 Å². The van der Waals surface area contributed by atoms with E-state index in [9.17, 15) is 0 Å². The Bertz CT molecular complexity index is 364. The van der Waals surface area contributed by atoms with E-state index in [-0.39, 0.29) is 0 Å². The predicted octanol–water partition coefficient (Wildman–Crippen LogP) is 0.662. The molecule has 3 heteroatoms. The average Bonchev–Trinajstić information content (AvgIpc) is 2.62. The van der Waals surface area contributed by atoms with E-state index in [1.165, 1.54) is 4.44 Å². The number of anilines is 1. The van der Waals surface area contributed by atoms with E-state index in [2.05, 4.69) is 21.6 Å². The summed E-state index contributed by atoms with van der Waals surface area (Å²) in [6.45, 7) is 0.993. The SMILES string of the molecule is Nc1cc[n+](Cc2ccc[se]2)cc1. The molecule has 0 atom stereocenters. The van der Waals surface area contributed by atoms with Crippen LogP contribution in [-0.4, -0.2) is 14.5 Å². The molecule has 0 aliphatic heterocycles. The molecule has 0 fully saturated rings. The first kappa shape index (κ1) is 8.54. The van der Waals surface area contributed by atoms with Crippen LogP contribution in [0.5, 0.6) is 0 Å². The normalized spacial score (nSPS) is 10.2. The third kappa shape index (κ3) is 2.20. The van der Waals surface area contributed by atoms with Crippen molar-refractivity contribution in [3.8, 4) is 0 Å². The van der Waals surface area contributed by atoms with Gasteiger partial charge in [-0.15, -0.1) is 0 Å². The second-order valence-corrected chi connectivity index (χ2v) is 5.05. The molecule has 66 valence electrons. The van der Waals surface area contributed by atoms with Crippen molar-refractivity contribution in [2.24, 2.45) is 0 Å². The van der Waals surface area contributed by atoms with Crippen LogP contribution in [0.2, 0.25) is 0 Å². The maximum absolute atomic E-state index is 5.60. The molecule has 0 saturated heterocycles.